The first kappa shape index (κ1) is 16.4. The van der Waals surface area contributed by atoms with Crippen molar-refractivity contribution in [1.82, 2.24) is 35.7 Å². The molecule has 1 atom stereocenters. The molecule has 0 saturated heterocycles. The van der Waals surface area contributed by atoms with Gasteiger partial charge in [-0.1, -0.05) is 35.8 Å². The smallest absolute Gasteiger partial charge is 0.231 e. The standard InChI is InChI=1S/C17H19N7O2/c1-11-19-15(21-26-11)13-7-5-12(6-8-13)10-18-17(25)14-4-2-3-9-24-16(14)20-22-23-24/h5-8,14H,2-4,9-10H2,1H3,(H,18,25)/t14-/m0/s1. The van der Waals surface area contributed by atoms with E-state index in [0.29, 0.717) is 24.1 Å². The number of aromatic nitrogens is 6. The van der Waals surface area contributed by atoms with Crippen molar-refractivity contribution in [1.29, 1.82) is 0 Å². The number of rotatable bonds is 4. The van der Waals surface area contributed by atoms with Crippen LogP contribution in [0.15, 0.2) is 28.8 Å². The van der Waals surface area contributed by atoms with E-state index >= 15 is 0 Å². The molecular formula is C17H19N7O2. The summed E-state index contributed by atoms with van der Waals surface area (Å²) in [7, 11) is 0. The molecule has 1 N–H and O–H groups in total. The van der Waals surface area contributed by atoms with Crippen LogP contribution < -0.4 is 5.32 Å². The van der Waals surface area contributed by atoms with Gasteiger partial charge in [-0.2, -0.15) is 4.98 Å². The van der Waals surface area contributed by atoms with E-state index in [-0.39, 0.29) is 11.8 Å². The lowest BCUT2D eigenvalue weighted by Crippen LogP contribution is -2.30. The van der Waals surface area contributed by atoms with Gasteiger partial charge < -0.3 is 9.84 Å². The van der Waals surface area contributed by atoms with Gasteiger partial charge in [0.1, 0.15) is 0 Å². The molecule has 1 amide bonds. The first-order chi connectivity index (χ1) is 12.7. The molecule has 26 heavy (non-hydrogen) atoms. The van der Waals surface area contributed by atoms with Crippen LogP contribution in [0.3, 0.4) is 0 Å². The van der Waals surface area contributed by atoms with Crippen LogP contribution in [0.1, 0.15) is 42.5 Å². The fourth-order valence-corrected chi connectivity index (χ4v) is 3.11. The molecule has 0 bridgehead atoms. The molecule has 0 unspecified atom stereocenters. The summed E-state index contributed by atoms with van der Waals surface area (Å²) in [5, 5.41) is 18.6. The Hall–Kier alpha value is -3.10. The van der Waals surface area contributed by atoms with Crippen LogP contribution >= 0.6 is 0 Å². The Kier molecular flexibility index (Phi) is 4.42. The molecule has 3 aromatic rings. The van der Waals surface area contributed by atoms with E-state index < -0.39 is 0 Å². The second-order valence-corrected chi connectivity index (χ2v) is 6.36. The van der Waals surface area contributed by atoms with Crippen molar-refractivity contribution < 1.29 is 9.32 Å². The van der Waals surface area contributed by atoms with Crippen LogP contribution in [0.4, 0.5) is 0 Å². The van der Waals surface area contributed by atoms with Crippen molar-refractivity contribution in [3.05, 3.63) is 41.5 Å². The molecule has 1 aromatic carbocycles. The Balaban J connectivity index is 1.40. The summed E-state index contributed by atoms with van der Waals surface area (Å²) < 4.78 is 6.73. The highest BCUT2D eigenvalue weighted by molar-refractivity contribution is 5.82. The quantitative estimate of drug-likeness (QED) is 0.758. The maximum absolute atomic E-state index is 12.6. The summed E-state index contributed by atoms with van der Waals surface area (Å²) in [6, 6.07) is 7.72. The Morgan fingerprint density at radius 2 is 2.15 bits per heavy atom. The van der Waals surface area contributed by atoms with Gasteiger partial charge in [-0.05, 0) is 28.8 Å². The van der Waals surface area contributed by atoms with Gasteiger partial charge in [0, 0.05) is 25.6 Å². The molecule has 0 fully saturated rings. The van der Waals surface area contributed by atoms with E-state index in [1.165, 1.54) is 0 Å². The summed E-state index contributed by atoms with van der Waals surface area (Å²) in [6.07, 6.45) is 2.73. The summed E-state index contributed by atoms with van der Waals surface area (Å²) in [6.45, 7) is 2.97. The van der Waals surface area contributed by atoms with E-state index in [4.69, 9.17) is 4.52 Å². The number of fused-ring (bicyclic) bond motifs is 1. The van der Waals surface area contributed by atoms with Gasteiger partial charge in [0.05, 0.1) is 5.92 Å². The highest BCUT2D eigenvalue weighted by Crippen LogP contribution is 2.24. The number of carbonyl (C=O) groups is 1. The number of nitrogens with zero attached hydrogens (tertiary/aromatic N) is 6. The second kappa shape index (κ2) is 7.03. The maximum atomic E-state index is 12.6. The number of hydrogen-bond donors (Lipinski definition) is 1. The minimum absolute atomic E-state index is 0.0409. The third kappa shape index (κ3) is 3.32. The lowest BCUT2D eigenvalue weighted by molar-refractivity contribution is -0.123. The van der Waals surface area contributed by atoms with E-state index in [1.807, 2.05) is 24.3 Å². The van der Waals surface area contributed by atoms with Crippen LogP contribution in [-0.2, 0) is 17.9 Å². The van der Waals surface area contributed by atoms with Crippen molar-refractivity contribution in [2.75, 3.05) is 0 Å². The highest BCUT2D eigenvalue weighted by atomic mass is 16.5. The Bertz CT molecular complexity index is 900. The SMILES string of the molecule is Cc1nc(-c2ccc(CNC(=O)[C@H]3CCCCn4nnnc43)cc2)no1. The Morgan fingerprint density at radius 3 is 2.92 bits per heavy atom. The molecule has 1 aliphatic rings. The lowest BCUT2D eigenvalue weighted by Gasteiger charge is -2.13. The summed E-state index contributed by atoms with van der Waals surface area (Å²) >= 11 is 0. The van der Waals surface area contributed by atoms with Crippen molar-refractivity contribution in [3.63, 3.8) is 0 Å². The topological polar surface area (TPSA) is 112 Å². The van der Waals surface area contributed by atoms with Crippen LogP contribution in [0.5, 0.6) is 0 Å². The lowest BCUT2D eigenvalue weighted by atomic mass is 10.0. The Morgan fingerprint density at radius 1 is 1.31 bits per heavy atom. The first-order valence-corrected chi connectivity index (χ1v) is 8.64. The average molecular weight is 353 g/mol. The summed E-state index contributed by atoms with van der Waals surface area (Å²) in [5.41, 5.74) is 1.87. The van der Waals surface area contributed by atoms with E-state index in [0.717, 1.165) is 36.9 Å². The molecule has 134 valence electrons. The molecule has 9 nitrogen and oxygen atoms in total. The predicted octanol–water partition coefficient (Wildman–Crippen LogP) is 1.62. The van der Waals surface area contributed by atoms with Gasteiger partial charge in [0.2, 0.25) is 17.6 Å². The normalized spacial score (nSPS) is 16.7. The fraction of sp³-hybridized carbons (Fsp3) is 0.412. The number of hydrogen-bond acceptors (Lipinski definition) is 7. The first-order valence-electron chi connectivity index (χ1n) is 8.64. The van der Waals surface area contributed by atoms with Crippen LogP contribution in [-0.4, -0.2) is 36.3 Å². The maximum Gasteiger partial charge on any atom is 0.231 e. The van der Waals surface area contributed by atoms with E-state index in [1.54, 1.807) is 11.6 Å². The monoisotopic (exact) mass is 353 g/mol. The molecule has 0 aliphatic carbocycles. The van der Waals surface area contributed by atoms with Gasteiger partial charge in [0.25, 0.3) is 0 Å². The summed E-state index contributed by atoms with van der Waals surface area (Å²) in [4.78, 5) is 16.8. The van der Waals surface area contributed by atoms with E-state index in [2.05, 4.69) is 31.0 Å². The summed E-state index contributed by atoms with van der Waals surface area (Å²) in [5.74, 6) is 1.41. The molecule has 0 radical (unpaired) electrons. The van der Waals surface area contributed by atoms with Gasteiger partial charge in [-0.15, -0.1) is 5.10 Å². The zero-order valence-electron chi connectivity index (χ0n) is 14.4. The molecule has 2 aromatic heterocycles. The fourth-order valence-electron chi connectivity index (χ4n) is 3.11. The van der Waals surface area contributed by atoms with Crippen LogP contribution in [0, 0.1) is 6.92 Å². The van der Waals surface area contributed by atoms with Crippen LogP contribution in [0.2, 0.25) is 0 Å². The number of nitrogens with one attached hydrogen (secondary N) is 1. The average Bonchev–Trinajstić information content (AvgIpc) is 3.25. The number of aryl methyl sites for hydroxylation is 2. The number of amides is 1. The minimum Gasteiger partial charge on any atom is -0.351 e. The zero-order valence-corrected chi connectivity index (χ0v) is 14.4. The van der Waals surface area contributed by atoms with Crippen molar-refractivity contribution in [3.8, 4) is 11.4 Å². The largest absolute Gasteiger partial charge is 0.351 e. The molecule has 0 saturated carbocycles. The van der Waals surface area contributed by atoms with Crippen LogP contribution in [0.25, 0.3) is 11.4 Å². The number of benzene rings is 1. The third-order valence-corrected chi connectivity index (χ3v) is 4.51. The molecule has 0 spiro atoms. The second-order valence-electron chi connectivity index (χ2n) is 6.36. The number of tetrazole rings is 1. The molecule has 3 heterocycles. The minimum atomic E-state index is -0.297. The number of carbonyl (C=O) groups excluding carboxylic acids is 1. The van der Waals surface area contributed by atoms with Gasteiger partial charge in [0.15, 0.2) is 5.82 Å². The molecule has 9 heteroatoms. The van der Waals surface area contributed by atoms with Crippen molar-refractivity contribution >= 4 is 5.91 Å². The van der Waals surface area contributed by atoms with Gasteiger partial charge >= 0.3 is 0 Å². The highest BCUT2D eigenvalue weighted by Gasteiger charge is 2.28. The Labute approximate surface area is 149 Å². The third-order valence-electron chi connectivity index (χ3n) is 4.51. The predicted molar refractivity (Wildman–Crippen MR) is 90.7 cm³/mol. The van der Waals surface area contributed by atoms with Gasteiger partial charge in [-0.3, -0.25) is 4.79 Å². The van der Waals surface area contributed by atoms with Crippen molar-refractivity contribution in [2.45, 2.75) is 45.2 Å². The molecule has 4 rings (SSSR count). The molecule has 1 aliphatic heterocycles. The van der Waals surface area contributed by atoms with E-state index in [9.17, 15) is 4.79 Å². The van der Waals surface area contributed by atoms with Crippen molar-refractivity contribution in [2.24, 2.45) is 0 Å². The molecular weight excluding hydrogens is 334 g/mol. The van der Waals surface area contributed by atoms with Gasteiger partial charge in [-0.25, -0.2) is 4.68 Å². The zero-order chi connectivity index (χ0) is 17.9.